The van der Waals surface area contributed by atoms with Crippen molar-refractivity contribution in [1.82, 2.24) is 0 Å². The lowest BCUT2D eigenvalue weighted by Gasteiger charge is -2.10. The van der Waals surface area contributed by atoms with Crippen molar-refractivity contribution in [1.29, 1.82) is 0 Å². The second kappa shape index (κ2) is 6.95. The van der Waals surface area contributed by atoms with Gasteiger partial charge in [0.25, 0.3) is 0 Å². The molecule has 0 aromatic carbocycles. The molecule has 0 amide bonds. The topological polar surface area (TPSA) is 35.2 Å². The lowest BCUT2D eigenvalue weighted by molar-refractivity contribution is 0.186. The molecule has 68 valence electrons. The van der Waals surface area contributed by atoms with Crippen LogP contribution in [0.3, 0.4) is 0 Å². The molecule has 0 aliphatic rings. The number of methoxy groups -OCH3 is 1. The van der Waals surface area contributed by atoms with Gasteiger partial charge in [0.1, 0.15) is 0 Å². The van der Waals surface area contributed by atoms with Gasteiger partial charge in [0, 0.05) is 18.9 Å². The van der Waals surface area contributed by atoms with Gasteiger partial charge in [0.15, 0.2) is 0 Å². The van der Waals surface area contributed by atoms with E-state index < -0.39 is 0 Å². The third kappa shape index (κ3) is 8.17. The quantitative estimate of drug-likeness (QED) is 0.665. The van der Waals surface area contributed by atoms with E-state index in [1.165, 1.54) is 5.75 Å². The van der Waals surface area contributed by atoms with Crippen LogP contribution in [0.4, 0.5) is 0 Å². The average Bonchev–Trinajstić information content (AvgIpc) is 1.87. The molecule has 0 radical (unpaired) electrons. The second-order valence-corrected chi connectivity index (χ2v) is 4.22. The smallest absolute Gasteiger partial charge is 0.0621 e. The Bertz CT molecular complexity index is 88.2. The highest BCUT2D eigenvalue weighted by molar-refractivity contribution is 7.99. The van der Waals surface area contributed by atoms with Crippen LogP contribution in [0, 0.1) is 5.92 Å². The fourth-order valence-electron chi connectivity index (χ4n) is 0.717. The van der Waals surface area contributed by atoms with Gasteiger partial charge in [-0.2, -0.15) is 11.8 Å². The van der Waals surface area contributed by atoms with Crippen molar-refractivity contribution in [2.75, 3.05) is 25.2 Å². The SMILES string of the molecule is COCC(N)CSCC(C)C. The van der Waals surface area contributed by atoms with Crippen LogP contribution in [-0.4, -0.2) is 31.3 Å². The monoisotopic (exact) mass is 177 g/mol. The van der Waals surface area contributed by atoms with Gasteiger partial charge in [-0.15, -0.1) is 0 Å². The van der Waals surface area contributed by atoms with E-state index in [-0.39, 0.29) is 6.04 Å². The zero-order chi connectivity index (χ0) is 8.69. The standard InChI is InChI=1S/C8H19NOS/c1-7(2)5-11-6-8(9)4-10-3/h7-8H,4-6,9H2,1-3H3. The van der Waals surface area contributed by atoms with Crippen molar-refractivity contribution in [3.8, 4) is 0 Å². The molecule has 0 aromatic heterocycles. The third-order valence-corrected chi connectivity index (χ3v) is 2.73. The Morgan fingerprint density at radius 3 is 2.45 bits per heavy atom. The van der Waals surface area contributed by atoms with Gasteiger partial charge in [0.2, 0.25) is 0 Å². The predicted molar refractivity (Wildman–Crippen MR) is 52.0 cm³/mol. The Hall–Kier alpha value is 0.270. The summed E-state index contributed by atoms with van der Waals surface area (Å²) in [7, 11) is 1.69. The first-order valence-electron chi connectivity index (χ1n) is 3.99. The summed E-state index contributed by atoms with van der Waals surface area (Å²) < 4.78 is 4.92. The minimum atomic E-state index is 0.198. The zero-order valence-electron chi connectivity index (χ0n) is 7.67. The van der Waals surface area contributed by atoms with Crippen molar-refractivity contribution in [3.63, 3.8) is 0 Å². The van der Waals surface area contributed by atoms with Crippen molar-refractivity contribution >= 4 is 11.8 Å². The van der Waals surface area contributed by atoms with Crippen molar-refractivity contribution in [2.24, 2.45) is 11.7 Å². The van der Waals surface area contributed by atoms with Gasteiger partial charge in [-0.25, -0.2) is 0 Å². The lowest BCUT2D eigenvalue weighted by atomic mass is 10.3. The number of hydrogen-bond acceptors (Lipinski definition) is 3. The summed E-state index contributed by atoms with van der Waals surface area (Å²) in [6.07, 6.45) is 0. The summed E-state index contributed by atoms with van der Waals surface area (Å²) in [5.74, 6) is 2.96. The first-order chi connectivity index (χ1) is 5.16. The van der Waals surface area contributed by atoms with Crippen LogP contribution >= 0.6 is 11.8 Å². The molecule has 0 saturated carbocycles. The summed E-state index contributed by atoms with van der Waals surface area (Å²) in [5, 5.41) is 0. The molecular weight excluding hydrogens is 158 g/mol. The molecule has 1 atom stereocenters. The highest BCUT2D eigenvalue weighted by Crippen LogP contribution is 2.07. The largest absolute Gasteiger partial charge is 0.383 e. The second-order valence-electron chi connectivity index (χ2n) is 3.15. The van der Waals surface area contributed by atoms with E-state index in [4.69, 9.17) is 10.5 Å². The van der Waals surface area contributed by atoms with E-state index in [1.807, 2.05) is 11.8 Å². The number of hydrogen-bond donors (Lipinski definition) is 1. The summed E-state index contributed by atoms with van der Waals surface area (Å²) in [5.41, 5.74) is 5.72. The van der Waals surface area contributed by atoms with Crippen molar-refractivity contribution in [2.45, 2.75) is 19.9 Å². The van der Waals surface area contributed by atoms with E-state index in [0.29, 0.717) is 6.61 Å². The summed E-state index contributed by atoms with van der Waals surface area (Å²) in [6.45, 7) is 5.11. The molecule has 1 unspecified atom stereocenters. The van der Waals surface area contributed by atoms with Gasteiger partial charge < -0.3 is 10.5 Å². The summed E-state index contributed by atoms with van der Waals surface area (Å²) >= 11 is 1.90. The normalized spacial score (nSPS) is 13.9. The van der Waals surface area contributed by atoms with Crippen molar-refractivity contribution in [3.05, 3.63) is 0 Å². The highest BCUT2D eigenvalue weighted by Gasteiger charge is 2.01. The Kier molecular flexibility index (Phi) is 7.12. The van der Waals surface area contributed by atoms with Crippen LogP contribution in [0.25, 0.3) is 0 Å². The minimum absolute atomic E-state index is 0.198. The molecule has 0 spiro atoms. The summed E-state index contributed by atoms with van der Waals surface area (Å²) in [4.78, 5) is 0. The molecule has 0 fully saturated rings. The number of nitrogens with two attached hydrogens (primary N) is 1. The van der Waals surface area contributed by atoms with E-state index in [9.17, 15) is 0 Å². The maximum absolute atomic E-state index is 5.72. The minimum Gasteiger partial charge on any atom is -0.383 e. The zero-order valence-corrected chi connectivity index (χ0v) is 8.49. The Morgan fingerprint density at radius 2 is 2.00 bits per heavy atom. The van der Waals surface area contributed by atoms with Crippen LogP contribution in [0.5, 0.6) is 0 Å². The molecular formula is C8H19NOS. The molecule has 0 aromatic rings. The Balaban J connectivity index is 3.10. The van der Waals surface area contributed by atoms with Gasteiger partial charge in [-0.05, 0) is 11.7 Å². The molecule has 3 heteroatoms. The summed E-state index contributed by atoms with van der Waals surface area (Å²) in [6, 6.07) is 0.198. The average molecular weight is 177 g/mol. The first kappa shape index (κ1) is 11.3. The van der Waals surface area contributed by atoms with Crippen molar-refractivity contribution < 1.29 is 4.74 Å². The highest BCUT2D eigenvalue weighted by atomic mass is 32.2. The van der Waals surface area contributed by atoms with E-state index in [1.54, 1.807) is 7.11 Å². The third-order valence-electron chi connectivity index (χ3n) is 1.16. The molecule has 0 aliphatic carbocycles. The van der Waals surface area contributed by atoms with Crippen LogP contribution < -0.4 is 5.73 Å². The maximum Gasteiger partial charge on any atom is 0.0621 e. The fourth-order valence-corrected chi connectivity index (χ4v) is 1.72. The molecule has 2 nitrogen and oxygen atoms in total. The number of thioether (sulfide) groups is 1. The van der Waals surface area contributed by atoms with Gasteiger partial charge in [0.05, 0.1) is 6.61 Å². The molecule has 0 bridgehead atoms. The Labute approximate surface area is 73.9 Å². The predicted octanol–water partition coefficient (Wildman–Crippen LogP) is 1.35. The van der Waals surface area contributed by atoms with Gasteiger partial charge in [-0.1, -0.05) is 13.8 Å². The number of rotatable bonds is 6. The van der Waals surface area contributed by atoms with Crippen LogP contribution in [0.2, 0.25) is 0 Å². The number of ether oxygens (including phenoxy) is 1. The Morgan fingerprint density at radius 1 is 1.36 bits per heavy atom. The molecule has 2 N–H and O–H groups in total. The molecule has 0 rings (SSSR count). The molecule has 0 aliphatic heterocycles. The van der Waals surface area contributed by atoms with Crippen LogP contribution in [0.15, 0.2) is 0 Å². The molecule has 0 heterocycles. The lowest BCUT2D eigenvalue weighted by Crippen LogP contribution is -2.28. The molecule has 0 saturated heterocycles. The van der Waals surface area contributed by atoms with Crippen LogP contribution in [-0.2, 0) is 4.74 Å². The van der Waals surface area contributed by atoms with E-state index in [2.05, 4.69) is 13.8 Å². The van der Waals surface area contributed by atoms with E-state index in [0.717, 1.165) is 11.7 Å². The van der Waals surface area contributed by atoms with Gasteiger partial charge >= 0.3 is 0 Å². The molecule has 11 heavy (non-hydrogen) atoms. The van der Waals surface area contributed by atoms with Crippen LogP contribution in [0.1, 0.15) is 13.8 Å². The van der Waals surface area contributed by atoms with Gasteiger partial charge in [-0.3, -0.25) is 0 Å². The maximum atomic E-state index is 5.72. The first-order valence-corrected chi connectivity index (χ1v) is 5.14. The van der Waals surface area contributed by atoms with E-state index >= 15 is 0 Å². The fraction of sp³-hybridized carbons (Fsp3) is 1.00.